The van der Waals surface area contributed by atoms with Crippen LogP contribution in [0.15, 0.2) is 29.2 Å². The highest BCUT2D eigenvalue weighted by Gasteiger charge is 2.24. The number of carboxylic acid groups (broad SMARTS) is 1. The van der Waals surface area contributed by atoms with Crippen LogP contribution in [0.3, 0.4) is 0 Å². The Balaban J connectivity index is 2.26. The van der Waals surface area contributed by atoms with Gasteiger partial charge in [-0.05, 0) is 25.0 Å². The van der Waals surface area contributed by atoms with Crippen molar-refractivity contribution in [3.8, 4) is 0 Å². The second-order valence-corrected chi connectivity index (χ2v) is 6.06. The van der Waals surface area contributed by atoms with Crippen molar-refractivity contribution in [1.29, 1.82) is 0 Å². The van der Waals surface area contributed by atoms with E-state index in [9.17, 15) is 9.00 Å². The second-order valence-electron chi connectivity index (χ2n) is 4.36. The van der Waals surface area contributed by atoms with E-state index in [1.54, 1.807) is 18.2 Å². The third kappa shape index (κ3) is 2.75. The molecular weight excluding hydrogens is 236 g/mol. The molecule has 1 unspecified atom stereocenters. The molecule has 1 atom stereocenters. The fraction of sp³-hybridized carbons (Fsp3) is 0.462. The zero-order valence-corrected chi connectivity index (χ0v) is 10.4. The summed E-state index contributed by atoms with van der Waals surface area (Å²) in [7, 11) is -1.18. The Morgan fingerprint density at radius 2 is 1.82 bits per heavy atom. The average Bonchev–Trinajstić information content (AvgIpc) is 2.39. The highest BCUT2D eigenvalue weighted by atomic mass is 32.2. The molecule has 1 aromatic carbocycles. The van der Waals surface area contributed by atoms with Gasteiger partial charge in [0.2, 0.25) is 0 Å². The van der Waals surface area contributed by atoms with E-state index in [-0.39, 0.29) is 10.8 Å². The SMILES string of the molecule is O=C(O)c1ccccc1S(=O)C1CCCCC1. The highest BCUT2D eigenvalue weighted by molar-refractivity contribution is 7.85. The van der Waals surface area contributed by atoms with Gasteiger partial charge in [0.15, 0.2) is 0 Å². The smallest absolute Gasteiger partial charge is 0.336 e. The number of hydrogen-bond acceptors (Lipinski definition) is 2. The predicted octanol–water partition coefficient (Wildman–Crippen LogP) is 2.83. The maximum Gasteiger partial charge on any atom is 0.336 e. The Morgan fingerprint density at radius 1 is 1.18 bits per heavy atom. The number of carboxylic acids is 1. The summed E-state index contributed by atoms with van der Waals surface area (Å²) in [6, 6.07) is 6.63. The van der Waals surface area contributed by atoms with Crippen LogP contribution in [0.4, 0.5) is 0 Å². The van der Waals surface area contributed by atoms with Crippen LogP contribution in [0.5, 0.6) is 0 Å². The molecule has 4 heteroatoms. The van der Waals surface area contributed by atoms with Crippen molar-refractivity contribution < 1.29 is 14.1 Å². The van der Waals surface area contributed by atoms with Crippen molar-refractivity contribution in [3.63, 3.8) is 0 Å². The summed E-state index contributed by atoms with van der Waals surface area (Å²) >= 11 is 0. The van der Waals surface area contributed by atoms with Crippen molar-refractivity contribution in [3.05, 3.63) is 29.8 Å². The first-order valence-corrected chi connectivity index (χ1v) is 7.14. The van der Waals surface area contributed by atoms with E-state index >= 15 is 0 Å². The van der Waals surface area contributed by atoms with Gasteiger partial charge in [-0.25, -0.2) is 4.79 Å². The first kappa shape index (κ1) is 12.3. The van der Waals surface area contributed by atoms with Gasteiger partial charge in [-0.2, -0.15) is 0 Å². The second kappa shape index (κ2) is 5.45. The fourth-order valence-corrected chi connectivity index (χ4v) is 3.98. The number of aromatic carboxylic acids is 1. The largest absolute Gasteiger partial charge is 0.478 e. The van der Waals surface area contributed by atoms with Gasteiger partial charge in [-0.3, -0.25) is 4.21 Å². The lowest BCUT2D eigenvalue weighted by molar-refractivity contribution is 0.0693. The molecule has 1 aromatic rings. The van der Waals surface area contributed by atoms with Crippen LogP contribution in [0.2, 0.25) is 0 Å². The number of carbonyl (C=O) groups is 1. The van der Waals surface area contributed by atoms with Gasteiger partial charge in [0, 0.05) is 5.25 Å². The summed E-state index contributed by atoms with van der Waals surface area (Å²) in [6.07, 6.45) is 5.30. The molecular formula is C13H16O3S. The number of hydrogen-bond donors (Lipinski definition) is 1. The minimum atomic E-state index is -1.18. The zero-order chi connectivity index (χ0) is 12.3. The lowest BCUT2D eigenvalue weighted by Crippen LogP contribution is -2.20. The average molecular weight is 252 g/mol. The van der Waals surface area contributed by atoms with Crippen LogP contribution in [0, 0.1) is 0 Å². The van der Waals surface area contributed by atoms with Crippen molar-refractivity contribution in [2.75, 3.05) is 0 Å². The van der Waals surface area contributed by atoms with Gasteiger partial charge in [-0.15, -0.1) is 0 Å². The van der Waals surface area contributed by atoms with Gasteiger partial charge >= 0.3 is 5.97 Å². The van der Waals surface area contributed by atoms with Crippen LogP contribution in [-0.4, -0.2) is 20.5 Å². The van der Waals surface area contributed by atoms with Gasteiger partial charge < -0.3 is 5.11 Å². The molecule has 0 amide bonds. The first-order valence-electron chi connectivity index (χ1n) is 5.93. The minimum Gasteiger partial charge on any atom is -0.478 e. The molecule has 1 aliphatic carbocycles. The normalized spacial score (nSPS) is 18.8. The molecule has 0 heterocycles. The Hall–Kier alpha value is -1.16. The predicted molar refractivity (Wildman–Crippen MR) is 66.7 cm³/mol. The molecule has 2 rings (SSSR count). The number of benzene rings is 1. The van der Waals surface area contributed by atoms with E-state index in [1.807, 2.05) is 0 Å². The van der Waals surface area contributed by atoms with E-state index in [0.717, 1.165) is 25.7 Å². The van der Waals surface area contributed by atoms with Gasteiger partial charge in [0.1, 0.15) is 0 Å². The van der Waals surface area contributed by atoms with Crippen molar-refractivity contribution in [2.45, 2.75) is 42.2 Å². The third-order valence-electron chi connectivity index (χ3n) is 3.19. The fourth-order valence-electron chi connectivity index (χ4n) is 2.28. The van der Waals surface area contributed by atoms with Crippen LogP contribution < -0.4 is 0 Å². The molecule has 3 nitrogen and oxygen atoms in total. The summed E-state index contributed by atoms with van der Waals surface area (Å²) in [5.74, 6) is -0.996. The van der Waals surface area contributed by atoms with E-state index in [2.05, 4.69) is 0 Å². The van der Waals surface area contributed by atoms with E-state index in [4.69, 9.17) is 5.11 Å². The lowest BCUT2D eigenvalue weighted by atomic mass is 10.0. The topological polar surface area (TPSA) is 54.4 Å². The van der Waals surface area contributed by atoms with Crippen LogP contribution in [-0.2, 0) is 10.8 Å². The molecule has 0 bridgehead atoms. The summed E-state index contributed by atoms with van der Waals surface area (Å²) in [4.78, 5) is 11.6. The third-order valence-corrected chi connectivity index (χ3v) is 5.06. The molecule has 0 aliphatic heterocycles. The van der Waals surface area contributed by atoms with Crippen molar-refractivity contribution in [2.24, 2.45) is 0 Å². The molecule has 0 radical (unpaired) electrons. The van der Waals surface area contributed by atoms with Crippen molar-refractivity contribution in [1.82, 2.24) is 0 Å². The molecule has 0 aromatic heterocycles. The summed E-state index contributed by atoms with van der Waals surface area (Å²) in [5, 5.41) is 9.21. The Labute approximate surface area is 103 Å². The Bertz CT molecular complexity index is 436. The van der Waals surface area contributed by atoms with E-state index in [0.29, 0.717) is 4.90 Å². The lowest BCUT2D eigenvalue weighted by Gasteiger charge is -2.21. The summed E-state index contributed by atoms with van der Waals surface area (Å²) < 4.78 is 12.4. The number of rotatable bonds is 3. The standard InChI is InChI=1S/C13H16O3S/c14-13(15)11-8-4-5-9-12(11)17(16)10-6-2-1-3-7-10/h4-5,8-10H,1-3,6-7H2,(H,14,15). The molecule has 0 saturated heterocycles. The quantitative estimate of drug-likeness (QED) is 0.900. The van der Waals surface area contributed by atoms with E-state index < -0.39 is 16.8 Å². The molecule has 17 heavy (non-hydrogen) atoms. The molecule has 1 fully saturated rings. The Kier molecular flexibility index (Phi) is 3.94. The van der Waals surface area contributed by atoms with Gasteiger partial charge in [0.25, 0.3) is 0 Å². The minimum absolute atomic E-state index is 0.129. The zero-order valence-electron chi connectivity index (χ0n) is 9.59. The molecule has 0 spiro atoms. The van der Waals surface area contributed by atoms with Gasteiger partial charge in [0.05, 0.1) is 21.3 Å². The van der Waals surface area contributed by atoms with Crippen LogP contribution >= 0.6 is 0 Å². The van der Waals surface area contributed by atoms with Crippen LogP contribution in [0.1, 0.15) is 42.5 Å². The monoisotopic (exact) mass is 252 g/mol. The molecule has 1 N–H and O–H groups in total. The molecule has 92 valence electrons. The summed E-state index contributed by atoms with van der Waals surface area (Å²) in [5.41, 5.74) is 0.177. The molecule has 1 saturated carbocycles. The maximum absolute atomic E-state index is 12.4. The summed E-state index contributed by atoms with van der Waals surface area (Å²) in [6.45, 7) is 0. The molecule has 1 aliphatic rings. The van der Waals surface area contributed by atoms with E-state index in [1.165, 1.54) is 12.5 Å². The first-order chi connectivity index (χ1) is 8.20. The van der Waals surface area contributed by atoms with Crippen molar-refractivity contribution >= 4 is 16.8 Å². The maximum atomic E-state index is 12.4. The highest BCUT2D eigenvalue weighted by Crippen LogP contribution is 2.27. The van der Waals surface area contributed by atoms with Crippen LogP contribution in [0.25, 0.3) is 0 Å². The Morgan fingerprint density at radius 3 is 2.47 bits per heavy atom. The van der Waals surface area contributed by atoms with Gasteiger partial charge in [-0.1, -0.05) is 31.4 Å².